The largest absolute Gasteiger partial charge is 0.385 e. The number of likely N-dealkylation sites (N-methyl/N-ethyl adjacent to an activating group) is 1. The summed E-state index contributed by atoms with van der Waals surface area (Å²) >= 11 is 0. The normalized spacial score (nSPS) is 23.4. The third kappa shape index (κ3) is 5.80. The maximum absolute atomic E-state index is 12.1. The number of allylic oxidation sites excluding steroid dienone is 1. The Kier molecular flexibility index (Phi) is 8.69. The van der Waals surface area contributed by atoms with Gasteiger partial charge < -0.3 is 9.50 Å². The number of aromatic nitrogens is 1. The summed E-state index contributed by atoms with van der Waals surface area (Å²) in [6, 6.07) is 2.03. The van der Waals surface area contributed by atoms with Crippen LogP contribution < -0.4 is 5.32 Å². The van der Waals surface area contributed by atoms with E-state index in [1.54, 1.807) is 0 Å². The molecule has 6 heteroatoms. The van der Waals surface area contributed by atoms with Crippen LogP contribution in [-0.2, 0) is 14.3 Å². The molecular formula is C22H38N2O3S. The zero-order chi connectivity index (χ0) is 21.7. The lowest BCUT2D eigenvalue weighted by molar-refractivity contribution is 0.190. The Morgan fingerprint density at radius 3 is 2.18 bits per heavy atom. The van der Waals surface area contributed by atoms with Crippen molar-refractivity contribution in [2.75, 3.05) is 13.3 Å². The Hall–Kier alpha value is -1.40. The highest BCUT2D eigenvalue weighted by molar-refractivity contribution is 7.86. The average molecular weight is 411 g/mol. The van der Waals surface area contributed by atoms with Crippen LogP contribution in [0, 0.1) is 26.7 Å². The fourth-order valence-electron chi connectivity index (χ4n) is 4.20. The van der Waals surface area contributed by atoms with Crippen molar-refractivity contribution < 1.29 is 12.6 Å². The summed E-state index contributed by atoms with van der Waals surface area (Å²) in [5.41, 5.74) is 4.28. The van der Waals surface area contributed by atoms with Gasteiger partial charge in [0.15, 0.2) is 0 Å². The predicted molar refractivity (Wildman–Crippen MR) is 118 cm³/mol. The van der Waals surface area contributed by atoms with Crippen LogP contribution in [0.25, 0.3) is 5.57 Å². The minimum absolute atomic E-state index is 0.469. The summed E-state index contributed by atoms with van der Waals surface area (Å²) in [7, 11) is -1.75. The van der Waals surface area contributed by atoms with Crippen LogP contribution >= 0.6 is 0 Å². The van der Waals surface area contributed by atoms with Crippen molar-refractivity contribution in [2.45, 2.75) is 79.7 Å². The minimum atomic E-state index is -3.64. The Morgan fingerprint density at radius 2 is 1.75 bits per heavy atom. The number of aryl methyl sites for hydroxylation is 3. The van der Waals surface area contributed by atoms with Crippen molar-refractivity contribution in [1.82, 2.24) is 10.3 Å². The Labute approximate surface area is 172 Å². The fraction of sp³-hybridized carbons (Fsp3) is 0.682. The summed E-state index contributed by atoms with van der Waals surface area (Å²) in [6.45, 7) is 14.2. The van der Waals surface area contributed by atoms with Gasteiger partial charge in [-0.2, -0.15) is 8.42 Å². The van der Waals surface area contributed by atoms with Crippen LogP contribution in [0.2, 0.25) is 0 Å². The molecule has 1 aromatic rings. The van der Waals surface area contributed by atoms with Crippen LogP contribution in [0.3, 0.4) is 0 Å². The number of pyridine rings is 1. The molecule has 0 radical (unpaired) electrons. The van der Waals surface area contributed by atoms with E-state index < -0.39 is 15.7 Å². The van der Waals surface area contributed by atoms with E-state index >= 15 is 0 Å². The summed E-state index contributed by atoms with van der Waals surface area (Å²) in [5.74, 6) is 1.16. The molecule has 0 saturated heterocycles. The first kappa shape index (κ1) is 24.6. The molecule has 1 heterocycles. The van der Waals surface area contributed by atoms with Crippen LogP contribution in [0.4, 0.5) is 0 Å². The van der Waals surface area contributed by atoms with Crippen molar-refractivity contribution >= 4 is 15.7 Å². The molecule has 0 spiro atoms. The lowest BCUT2D eigenvalue weighted by Gasteiger charge is -2.41. The van der Waals surface area contributed by atoms with Gasteiger partial charge in [-0.3, -0.25) is 4.98 Å². The molecule has 0 amide bonds. The molecule has 1 aromatic heterocycles. The summed E-state index contributed by atoms with van der Waals surface area (Å²) in [5, 5.41) is 3.39. The van der Waals surface area contributed by atoms with Gasteiger partial charge in [-0.15, -0.1) is 0 Å². The topological polar surface area (TPSA) is 68.3 Å². The van der Waals surface area contributed by atoms with Crippen molar-refractivity contribution in [3.63, 3.8) is 0 Å². The molecule has 0 aromatic carbocycles. The van der Waals surface area contributed by atoms with Crippen LogP contribution in [0.15, 0.2) is 11.8 Å². The van der Waals surface area contributed by atoms with Gasteiger partial charge in [-0.05, 0) is 83.5 Å². The van der Waals surface area contributed by atoms with E-state index in [0.717, 1.165) is 60.0 Å². The van der Waals surface area contributed by atoms with Gasteiger partial charge in [0.25, 0.3) is 0 Å². The summed E-state index contributed by atoms with van der Waals surface area (Å²) < 4.78 is 29.8. The monoisotopic (exact) mass is 410 g/mol. The van der Waals surface area contributed by atoms with Crippen molar-refractivity contribution in [3.05, 3.63) is 34.3 Å². The van der Waals surface area contributed by atoms with Crippen molar-refractivity contribution in [2.24, 2.45) is 5.92 Å². The Bertz CT molecular complexity index is 782. The molecule has 0 aliphatic heterocycles. The smallest absolute Gasteiger partial charge is 0.306 e. The maximum atomic E-state index is 12.1. The second-order valence-corrected chi connectivity index (χ2v) is 9.37. The summed E-state index contributed by atoms with van der Waals surface area (Å²) in [6.07, 6.45) is 4.89. The molecule has 5 nitrogen and oxygen atoms in total. The van der Waals surface area contributed by atoms with Gasteiger partial charge in [-0.1, -0.05) is 20.8 Å². The molecule has 0 unspecified atom stereocenters. The van der Waals surface area contributed by atoms with Gasteiger partial charge in [0.05, 0.1) is 11.8 Å². The molecule has 28 heavy (non-hydrogen) atoms. The molecule has 1 fully saturated rings. The molecule has 1 aliphatic rings. The SMILES string of the molecule is CC.CNC1(/C(OS(C)(=O)=O)=C(\C)c2c(C)cc(C)nc2C)CCC(C)CC1. The molecule has 2 rings (SSSR count). The zero-order valence-corrected chi connectivity index (χ0v) is 19.9. The number of nitrogens with one attached hydrogen (secondary N) is 1. The first-order chi connectivity index (χ1) is 13.0. The van der Waals surface area contributed by atoms with Crippen molar-refractivity contribution in [3.8, 4) is 0 Å². The number of rotatable bonds is 5. The standard InChI is InChI=1S/C20H32N2O3S.C2H6/c1-13-8-10-20(21-6,11-9-13)19(25-26(7,23)24)16(4)18-14(2)12-15(3)22-17(18)5;1-2/h12-13,21H,8-11H2,1-7H3;1-2H3/b19-16-;. The number of hydrogen-bond acceptors (Lipinski definition) is 5. The Balaban J connectivity index is 0.00000190. The van der Waals surface area contributed by atoms with E-state index in [9.17, 15) is 8.42 Å². The van der Waals surface area contributed by atoms with Gasteiger partial charge in [0, 0.05) is 17.0 Å². The molecule has 0 atom stereocenters. The number of hydrogen-bond donors (Lipinski definition) is 1. The molecule has 1 saturated carbocycles. The lowest BCUT2D eigenvalue weighted by atomic mass is 9.74. The average Bonchev–Trinajstić information content (AvgIpc) is 2.61. The molecule has 160 valence electrons. The van der Waals surface area contributed by atoms with E-state index in [2.05, 4.69) is 17.2 Å². The highest BCUT2D eigenvalue weighted by Gasteiger charge is 2.41. The van der Waals surface area contributed by atoms with Gasteiger partial charge >= 0.3 is 10.1 Å². The van der Waals surface area contributed by atoms with E-state index in [0.29, 0.717) is 11.7 Å². The second kappa shape index (κ2) is 9.88. The summed E-state index contributed by atoms with van der Waals surface area (Å²) in [4.78, 5) is 4.58. The quantitative estimate of drug-likeness (QED) is 0.552. The van der Waals surface area contributed by atoms with Gasteiger partial charge in [0.2, 0.25) is 0 Å². The second-order valence-electron chi connectivity index (χ2n) is 7.80. The van der Waals surface area contributed by atoms with E-state index in [1.165, 1.54) is 0 Å². The Morgan fingerprint density at radius 1 is 1.21 bits per heavy atom. The third-order valence-electron chi connectivity index (χ3n) is 5.52. The number of nitrogens with zero attached hydrogens (tertiary/aromatic N) is 1. The minimum Gasteiger partial charge on any atom is -0.385 e. The maximum Gasteiger partial charge on any atom is 0.306 e. The highest BCUT2D eigenvalue weighted by Crippen LogP contribution is 2.41. The van der Waals surface area contributed by atoms with Crippen molar-refractivity contribution in [1.29, 1.82) is 0 Å². The fourth-order valence-corrected chi connectivity index (χ4v) is 4.79. The molecular weight excluding hydrogens is 372 g/mol. The first-order valence-electron chi connectivity index (χ1n) is 10.2. The third-order valence-corrected chi connectivity index (χ3v) is 5.99. The molecule has 0 bridgehead atoms. The van der Waals surface area contributed by atoms with Crippen LogP contribution in [-0.4, -0.2) is 32.2 Å². The van der Waals surface area contributed by atoms with E-state index in [-0.39, 0.29) is 0 Å². The first-order valence-corrected chi connectivity index (χ1v) is 12.1. The van der Waals surface area contributed by atoms with Gasteiger partial charge in [-0.25, -0.2) is 0 Å². The highest BCUT2D eigenvalue weighted by atomic mass is 32.2. The van der Waals surface area contributed by atoms with E-state index in [1.807, 2.05) is 54.7 Å². The van der Waals surface area contributed by atoms with Crippen LogP contribution in [0.5, 0.6) is 0 Å². The molecule has 1 N–H and O–H groups in total. The molecule has 1 aliphatic carbocycles. The van der Waals surface area contributed by atoms with E-state index in [4.69, 9.17) is 4.18 Å². The van der Waals surface area contributed by atoms with Crippen LogP contribution in [0.1, 0.15) is 75.9 Å². The lowest BCUT2D eigenvalue weighted by Crippen LogP contribution is -2.49. The zero-order valence-electron chi connectivity index (χ0n) is 19.1. The predicted octanol–water partition coefficient (Wildman–Crippen LogP) is 4.91. The van der Waals surface area contributed by atoms with Gasteiger partial charge in [0.1, 0.15) is 5.76 Å².